The molecular formula is C17H20Cl2N2O. The van der Waals surface area contributed by atoms with Crippen molar-refractivity contribution in [1.29, 1.82) is 0 Å². The molecule has 2 aromatic carbocycles. The van der Waals surface area contributed by atoms with Crippen LogP contribution >= 0.6 is 23.2 Å². The Kier molecular flexibility index (Phi) is 6.69. The van der Waals surface area contributed by atoms with Gasteiger partial charge in [0.1, 0.15) is 5.75 Å². The van der Waals surface area contributed by atoms with Crippen molar-refractivity contribution in [2.24, 2.45) is 0 Å². The van der Waals surface area contributed by atoms with Crippen LogP contribution in [0, 0.1) is 0 Å². The van der Waals surface area contributed by atoms with E-state index in [-0.39, 0.29) is 0 Å². The van der Waals surface area contributed by atoms with Gasteiger partial charge in [0.2, 0.25) is 0 Å². The van der Waals surface area contributed by atoms with Crippen LogP contribution in [0.15, 0.2) is 42.5 Å². The van der Waals surface area contributed by atoms with E-state index in [2.05, 4.69) is 17.6 Å². The third-order valence-corrected chi connectivity index (χ3v) is 3.41. The zero-order valence-corrected chi connectivity index (χ0v) is 14.0. The summed E-state index contributed by atoms with van der Waals surface area (Å²) >= 11 is 11.9. The van der Waals surface area contributed by atoms with Crippen LogP contribution in [0.4, 0.5) is 11.4 Å². The number of ether oxygens (including phenoxy) is 1. The number of nitrogens with one attached hydrogen (secondary N) is 2. The van der Waals surface area contributed by atoms with Crippen molar-refractivity contribution in [3.8, 4) is 5.75 Å². The van der Waals surface area contributed by atoms with Crippen LogP contribution in [0.3, 0.4) is 0 Å². The Bertz CT molecular complexity index is 567. The second kappa shape index (κ2) is 8.76. The quantitative estimate of drug-likeness (QED) is 0.640. The largest absolute Gasteiger partial charge is 0.494 e. The fraction of sp³-hybridized carbons (Fsp3) is 0.294. The predicted octanol–water partition coefficient (Wildman–Crippen LogP) is 5.31. The molecule has 0 aliphatic heterocycles. The van der Waals surface area contributed by atoms with Crippen LogP contribution in [-0.4, -0.2) is 19.7 Å². The fourth-order valence-corrected chi connectivity index (χ4v) is 2.48. The highest BCUT2D eigenvalue weighted by molar-refractivity contribution is 6.35. The lowest BCUT2D eigenvalue weighted by atomic mass is 10.3. The molecule has 22 heavy (non-hydrogen) atoms. The monoisotopic (exact) mass is 338 g/mol. The minimum Gasteiger partial charge on any atom is -0.494 e. The van der Waals surface area contributed by atoms with E-state index >= 15 is 0 Å². The van der Waals surface area contributed by atoms with E-state index in [1.54, 1.807) is 6.07 Å². The van der Waals surface area contributed by atoms with Crippen LogP contribution in [0.1, 0.15) is 13.3 Å². The van der Waals surface area contributed by atoms with E-state index in [0.29, 0.717) is 10.0 Å². The average Bonchev–Trinajstić information content (AvgIpc) is 2.50. The summed E-state index contributed by atoms with van der Waals surface area (Å²) in [7, 11) is 0. The number of anilines is 2. The Morgan fingerprint density at radius 3 is 2.05 bits per heavy atom. The highest BCUT2D eigenvalue weighted by Crippen LogP contribution is 2.22. The number of halogens is 2. The van der Waals surface area contributed by atoms with Gasteiger partial charge in [-0.25, -0.2) is 0 Å². The highest BCUT2D eigenvalue weighted by atomic mass is 35.5. The smallest absolute Gasteiger partial charge is 0.119 e. The zero-order chi connectivity index (χ0) is 15.8. The number of hydrogen-bond donors (Lipinski definition) is 2. The first-order valence-corrected chi connectivity index (χ1v) is 8.09. The summed E-state index contributed by atoms with van der Waals surface area (Å²) < 4.78 is 5.55. The van der Waals surface area contributed by atoms with E-state index in [4.69, 9.17) is 27.9 Å². The maximum Gasteiger partial charge on any atom is 0.119 e. The van der Waals surface area contributed by atoms with Crippen LogP contribution < -0.4 is 15.4 Å². The third kappa shape index (κ3) is 5.66. The molecule has 0 heterocycles. The summed E-state index contributed by atoms with van der Waals surface area (Å²) in [5, 5.41) is 7.88. The van der Waals surface area contributed by atoms with Gasteiger partial charge in [-0.15, -0.1) is 0 Å². The molecule has 0 radical (unpaired) electrons. The van der Waals surface area contributed by atoms with Crippen molar-refractivity contribution in [1.82, 2.24) is 0 Å². The summed E-state index contributed by atoms with van der Waals surface area (Å²) in [6, 6.07) is 13.4. The van der Waals surface area contributed by atoms with Gasteiger partial charge in [-0.2, -0.15) is 0 Å². The SMILES string of the molecule is CCCOc1ccc(NCCNc2cc(Cl)cc(Cl)c2)cc1. The second-order valence-corrected chi connectivity index (χ2v) is 5.76. The van der Waals surface area contributed by atoms with Gasteiger partial charge in [0.15, 0.2) is 0 Å². The molecule has 2 aromatic rings. The van der Waals surface area contributed by atoms with Gasteiger partial charge in [0, 0.05) is 34.5 Å². The Hall–Kier alpha value is -1.58. The lowest BCUT2D eigenvalue weighted by Gasteiger charge is -2.10. The summed E-state index contributed by atoms with van der Waals surface area (Å²) in [6.45, 7) is 4.40. The van der Waals surface area contributed by atoms with E-state index in [9.17, 15) is 0 Å². The molecule has 2 N–H and O–H groups in total. The summed E-state index contributed by atoms with van der Waals surface area (Å²) in [5.41, 5.74) is 1.98. The summed E-state index contributed by atoms with van der Waals surface area (Å²) in [4.78, 5) is 0. The molecule has 0 aromatic heterocycles. The number of benzene rings is 2. The Morgan fingerprint density at radius 2 is 1.45 bits per heavy atom. The first-order chi connectivity index (χ1) is 10.7. The minimum atomic E-state index is 0.630. The standard InChI is InChI=1S/C17H20Cl2N2O/c1-2-9-22-17-5-3-15(4-6-17)20-7-8-21-16-11-13(18)10-14(19)12-16/h3-6,10-12,20-21H,2,7-9H2,1H3. The highest BCUT2D eigenvalue weighted by Gasteiger charge is 1.98. The molecule has 0 atom stereocenters. The van der Waals surface area contributed by atoms with Crippen LogP contribution in [0.25, 0.3) is 0 Å². The molecule has 2 rings (SSSR count). The molecular weight excluding hydrogens is 319 g/mol. The van der Waals surface area contributed by atoms with E-state index in [1.807, 2.05) is 36.4 Å². The molecule has 5 heteroatoms. The van der Waals surface area contributed by atoms with Gasteiger partial charge in [-0.3, -0.25) is 0 Å². The van der Waals surface area contributed by atoms with Gasteiger partial charge in [-0.05, 0) is 48.9 Å². The van der Waals surface area contributed by atoms with Crippen LogP contribution in [-0.2, 0) is 0 Å². The van der Waals surface area contributed by atoms with Crippen LogP contribution in [0.2, 0.25) is 10.0 Å². The van der Waals surface area contributed by atoms with Crippen LogP contribution in [0.5, 0.6) is 5.75 Å². The minimum absolute atomic E-state index is 0.630. The molecule has 0 aliphatic rings. The molecule has 0 saturated carbocycles. The Morgan fingerprint density at radius 1 is 0.864 bits per heavy atom. The number of rotatable bonds is 8. The molecule has 118 valence electrons. The lowest BCUT2D eigenvalue weighted by molar-refractivity contribution is 0.317. The first-order valence-electron chi connectivity index (χ1n) is 7.34. The summed E-state index contributed by atoms with van der Waals surface area (Å²) in [5.74, 6) is 0.902. The average molecular weight is 339 g/mol. The van der Waals surface area contributed by atoms with Gasteiger partial charge in [0.05, 0.1) is 6.61 Å². The summed E-state index contributed by atoms with van der Waals surface area (Å²) in [6.07, 6.45) is 1.01. The van der Waals surface area contributed by atoms with Crippen molar-refractivity contribution < 1.29 is 4.74 Å². The molecule has 0 unspecified atom stereocenters. The number of hydrogen-bond acceptors (Lipinski definition) is 3. The maximum absolute atomic E-state index is 5.96. The molecule has 0 spiro atoms. The van der Waals surface area contributed by atoms with E-state index < -0.39 is 0 Å². The lowest BCUT2D eigenvalue weighted by Crippen LogP contribution is -2.13. The fourth-order valence-electron chi connectivity index (χ4n) is 1.96. The van der Waals surface area contributed by atoms with Gasteiger partial charge in [-0.1, -0.05) is 30.1 Å². The second-order valence-electron chi connectivity index (χ2n) is 4.88. The molecule has 0 bridgehead atoms. The zero-order valence-electron chi connectivity index (χ0n) is 12.5. The first kappa shape index (κ1) is 16.8. The Balaban J connectivity index is 1.74. The van der Waals surface area contributed by atoms with Gasteiger partial charge < -0.3 is 15.4 Å². The van der Waals surface area contributed by atoms with Gasteiger partial charge >= 0.3 is 0 Å². The molecule has 0 aliphatic carbocycles. The van der Waals surface area contributed by atoms with E-state index in [0.717, 1.165) is 43.2 Å². The van der Waals surface area contributed by atoms with Crippen molar-refractivity contribution >= 4 is 34.6 Å². The normalized spacial score (nSPS) is 10.3. The van der Waals surface area contributed by atoms with Gasteiger partial charge in [0.25, 0.3) is 0 Å². The molecule has 0 fully saturated rings. The topological polar surface area (TPSA) is 33.3 Å². The van der Waals surface area contributed by atoms with E-state index in [1.165, 1.54) is 0 Å². The van der Waals surface area contributed by atoms with Crippen molar-refractivity contribution in [2.75, 3.05) is 30.3 Å². The van der Waals surface area contributed by atoms with Crippen molar-refractivity contribution in [3.05, 3.63) is 52.5 Å². The molecule has 0 saturated heterocycles. The van der Waals surface area contributed by atoms with Crippen molar-refractivity contribution in [2.45, 2.75) is 13.3 Å². The molecule has 0 amide bonds. The van der Waals surface area contributed by atoms with Crippen molar-refractivity contribution in [3.63, 3.8) is 0 Å². The maximum atomic E-state index is 5.96. The molecule has 3 nitrogen and oxygen atoms in total. The predicted molar refractivity (Wildman–Crippen MR) is 95.7 cm³/mol. The third-order valence-electron chi connectivity index (χ3n) is 2.97. The Labute approximate surface area is 141 Å².